The summed E-state index contributed by atoms with van der Waals surface area (Å²) in [7, 11) is 0. The third-order valence-electron chi connectivity index (χ3n) is 4.93. The normalized spacial score (nSPS) is 15.5. The second-order valence-electron chi connectivity index (χ2n) is 7.27. The van der Waals surface area contributed by atoms with Crippen molar-refractivity contribution in [3.63, 3.8) is 0 Å². The maximum Gasteiger partial charge on any atom is 0.335 e. The van der Waals surface area contributed by atoms with Crippen LogP contribution in [0.15, 0.2) is 30.3 Å². The highest BCUT2D eigenvalue weighted by Crippen LogP contribution is 2.49. The summed E-state index contributed by atoms with van der Waals surface area (Å²) in [6, 6.07) is 8.41. The number of phenols is 1. The first-order valence-electron chi connectivity index (χ1n) is 8.84. The molecule has 3 rings (SSSR count). The van der Waals surface area contributed by atoms with Crippen molar-refractivity contribution >= 4 is 5.97 Å². The highest BCUT2D eigenvalue weighted by molar-refractivity contribution is 5.92. The number of ether oxygens (including phenoxy) is 1. The molecule has 0 saturated heterocycles. The molecule has 5 heteroatoms. The number of rotatable bonds is 5. The summed E-state index contributed by atoms with van der Waals surface area (Å²) < 4.78 is 6.13. The lowest BCUT2D eigenvalue weighted by atomic mass is 9.84. The first-order chi connectivity index (χ1) is 12.2. The zero-order valence-corrected chi connectivity index (χ0v) is 15.2. The quantitative estimate of drug-likeness (QED) is 0.751. The number of aryl methyl sites for hydroxylation is 1. The number of aliphatic hydroxyl groups excluding tert-OH is 1. The number of aliphatic hydroxyl groups is 1. The Balaban J connectivity index is 2.09. The molecule has 1 heterocycles. The highest BCUT2D eigenvalue weighted by Gasteiger charge is 2.34. The lowest BCUT2D eigenvalue weighted by Crippen LogP contribution is -2.29. The second kappa shape index (κ2) is 6.65. The van der Waals surface area contributed by atoms with Gasteiger partial charge in [0.2, 0.25) is 0 Å². The van der Waals surface area contributed by atoms with E-state index in [1.807, 2.05) is 26.8 Å². The van der Waals surface area contributed by atoms with E-state index in [2.05, 4.69) is 0 Å². The van der Waals surface area contributed by atoms with Crippen LogP contribution in [0.3, 0.4) is 0 Å². The van der Waals surface area contributed by atoms with Crippen molar-refractivity contribution in [2.24, 2.45) is 0 Å². The Bertz CT molecular complexity index is 854. The van der Waals surface area contributed by atoms with Gasteiger partial charge in [-0.2, -0.15) is 0 Å². The molecule has 2 aromatic rings. The average molecular weight is 356 g/mol. The van der Waals surface area contributed by atoms with E-state index < -0.39 is 11.6 Å². The number of carboxylic acid groups (broad SMARTS) is 1. The molecule has 0 saturated carbocycles. The van der Waals surface area contributed by atoms with Crippen LogP contribution in [0.4, 0.5) is 0 Å². The van der Waals surface area contributed by atoms with Gasteiger partial charge >= 0.3 is 5.97 Å². The molecule has 0 bridgehead atoms. The van der Waals surface area contributed by atoms with Crippen molar-refractivity contribution in [3.8, 4) is 22.6 Å². The van der Waals surface area contributed by atoms with Gasteiger partial charge < -0.3 is 20.1 Å². The minimum atomic E-state index is -1.01. The van der Waals surface area contributed by atoms with Crippen molar-refractivity contribution in [2.75, 3.05) is 0 Å². The molecule has 0 radical (unpaired) electrons. The van der Waals surface area contributed by atoms with Crippen LogP contribution in [0.25, 0.3) is 11.1 Å². The molecule has 1 aliphatic heterocycles. The number of carboxylic acids is 1. The number of phenolic OH excluding ortho intramolecular Hbond substituents is 1. The predicted molar refractivity (Wildman–Crippen MR) is 98.8 cm³/mol. The third kappa shape index (κ3) is 3.27. The monoisotopic (exact) mass is 356 g/mol. The zero-order chi connectivity index (χ0) is 19.1. The van der Waals surface area contributed by atoms with Crippen molar-refractivity contribution in [2.45, 2.75) is 51.7 Å². The summed E-state index contributed by atoms with van der Waals surface area (Å²) in [4.78, 5) is 11.4. The Hall–Kier alpha value is -2.53. The molecular weight excluding hydrogens is 332 g/mol. The van der Waals surface area contributed by atoms with Crippen molar-refractivity contribution < 1.29 is 24.9 Å². The predicted octanol–water partition coefficient (Wildman–Crippen LogP) is 4.09. The fraction of sp³-hybridized carbons (Fsp3) is 0.381. The van der Waals surface area contributed by atoms with Gasteiger partial charge in [0.1, 0.15) is 17.1 Å². The molecule has 5 nitrogen and oxygen atoms in total. The van der Waals surface area contributed by atoms with E-state index in [1.54, 1.807) is 24.3 Å². The molecule has 1 atom stereocenters. The molecule has 3 N–H and O–H groups in total. The van der Waals surface area contributed by atoms with Gasteiger partial charge in [0.05, 0.1) is 17.2 Å². The van der Waals surface area contributed by atoms with Crippen LogP contribution in [0.2, 0.25) is 0 Å². The van der Waals surface area contributed by atoms with Crippen molar-refractivity contribution in [1.29, 1.82) is 0 Å². The van der Waals surface area contributed by atoms with Gasteiger partial charge in [-0.15, -0.1) is 0 Å². The fourth-order valence-electron chi connectivity index (χ4n) is 3.43. The van der Waals surface area contributed by atoms with Crippen LogP contribution < -0.4 is 4.74 Å². The molecule has 1 aliphatic rings. The minimum absolute atomic E-state index is 0.0581. The Morgan fingerprint density at radius 2 is 1.96 bits per heavy atom. The lowest BCUT2D eigenvalue weighted by molar-refractivity contribution is 0.0695. The summed E-state index contributed by atoms with van der Waals surface area (Å²) >= 11 is 0. The van der Waals surface area contributed by atoms with E-state index in [0.29, 0.717) is 36.1 Å². The van der Waals surface area contributed by atoms with Crippen LogP contribution in [-0.4, -0.2) is 27.4 Å². The van der Waals surface area contributed by atoms with E-state index in [9.17, 15) is 20.1 Å². The molecule has 0 spiro atoms. The largest absolute Gasteiger partial charge is 0.507 e. The van der Waals surface area contributed by atoms with E-state index in [1.165, 1.54) is 0 Å². The second-order valence-corrected chi connectivity index (χ2v) is 7.27. The topological polar surface area (TPSA) is 87.0 Å². The van der Waals surface area contributed by atoms with E-state index >= 15 is 0 Å². The summed E-state index contributed by atoms with van der Waals surface area (Å²) in [6.45, 7) is 5.76. The Kier molecular flexibility index (Phi) is 4.67. The van der Waals surface area contributed by atoms with E-state index in [-0.39, 0.29) is 17.4 Å². The summed E-state index contributed by atoms with van der Waals surface area (Å²) in [5, 5.41) is 29.7. The molecule has 138 valence electrons. The van der Waals surface area contributed by atoms with Crippen LogP contribution in [0.1, 0.15) is 55.1 Å². The fourth-order valence-corrected chi connectivity index (χ4v) is 3.43. The van der Waals surface area contributed by atoms with Gasteiger partial charge in [0.25, 0.3) is 0 Å². The molecule has 0 amide bonds. The third-order valence-corrected chi connectivity index (χ3v) is 4.93. The Morgan fingerprint density at radius 3 is 2.62 bits per heavy atom. The van der Waals surface area contributed by atoms with Gasteiger partial charge in [-0.1, -0.05) is 13.0 Å². The van der Waals surface area contributed by atoms with Gasteiger partial charge in [0.15, 0.2) is 0 Å². The van der Waals surface area contributed by atoms with Gasteiger partial charge in [-0.3, -0.25) is 0 Å². The number of hydrogen-bond acceptors (Lipinski definition) is 4. The number of carbonyl (C=O) groups is 1. The standard InChI is InChI=1S/C21H24O5/c1-4-14(22)7-5-12-9-17(23)19-15-11-13(20(24)25)6-8-16(15)21(2,3)26-18(19)10-12/h6,8-11,14,22-23H,4-5,7H2,1-3H3,(H,24,25). The molecule has 0 aromatic heterocycles. The SMILES string of the molecule is CCC(O)CCc1cc(O)c2c(c1)OC(C)(C)c1ccc(C(=O)O)cc1-2. The number of fused-ring (bicyclic) bond motifs is 3. The van der Waals surface area contributed by atoms with Crippen LogP contribution in [-0.2, 0) is 12.0 Å². The van der Waals surface area contributed by atoms with Crippen LogP contribution in [0, 0.1) is 0 Å². The molecular formula is C21H24O5. The highest BCUT2D eigenvalue weighted by atomic mass is 16.5. The summed E-state index contributed by atoms with van der Waals surface area (Å²) in [5.74, 6) is -0.419. The van der Waals surface area contributed by atoms with E-state index in [0.717, 1.165) is 11.1 Å². The smallest absolute Gasteiger partial charge is 0.335 e. The molecule has 26 heavy (non-hydrogen) atoms. The van der Waals surface area contributed by atoms with Gasteiger partial charge in [-0.05, 0) is 68.5 Å². The molecule has 0 aliphatic carbocycles. The maximum absolute atomic E-state index is 11.4. The van der Waals surface area contributed by atoms with Crippen molar-refractivity contribution in [1.82, 2.24) is 0 Å². The molecule has 2 aromatic carbocycles. The minimum Gasteiger partial charge on any atom is -0.507 e. The number of benzene rings is 2. The summed E-state index contributed by atoms with van der Waals surface area (Å²) in [6.07, 6.45) is 1.55. The average Bonchev–Trinajstić information content (AvgIpc) is 2.58. The number of hydrogen-bond donors (Lipinski definition) is 3. The number of aromatic carboxylic acids is 1. The van der Waals surface area contributed by atoms with Gasteiger partial charge in [0, 0.05) is 5.56 Å². The first-order valence-corrected chi connectivity index (χ1v) is 8.84. The Labute approximate surface area is 152 Å². The molecule has 1 unspecified atom stereocenters. The maximum atomic E-state index is 11.4. The van der Waals surface area contributed by atoms with Crippen molar-refractivity contribution in [3.05, 3.63) is 47.0 Å². The number of aromatic hydroxyl groups is 1. The lowest BCUT2D eigenvalue weighted by Gasteiger charge is -2.35. The van der Waals surface area contributed by atoms with Crippen LogP contribution >= 0.6 is 0 Å². The Morgan fingerprint density at radius 1 is 1.23 bits per heavy atom. The summed E-state index contributed by atoms with van der Waals surface area (Å²) in [5.41, 5.74) is 2.42. The van der Waals surface area contributed by atoms with Crippen LogP contribution in [0.5, 0.6) is 11.5 Å². The van der Waals surface area contributed by atoms with Gasteiger partial charge in [-0.25, -0.2) is 4.79 Å². The van der Waals surface area contributed by atoms with E-state index in [4.69, 9.17) is 4.74 Å². The zero-order valence-electron chi connectivity index (χ0n) is 15.2. The first kappa shape index (κ1) is 18.3. The molecule has 0 fully saturated rings.